The number of carbonyl (C=O) groups is 1. The molecule has 98 valence electrons. The Morgan fingerprint density at radius 3 is 2.61 bits per heavy atom. The molecule has 1 aromatic rings. The van der Waals surface area contributed by atoms with E-state index in [1.807, 2.05) is 19.1 Å². The second kappa shape index (κ2) is 5.40. The van der Waals surface area contributed by atoms with Gasteiger partial charge in [-0.05, 0) is 37.5 Å². The number of hydrogen-bond acceptors (Lipinski definition) is 3. The summed E-state index contributed by atoms with van der Waals surface area (Å²) in [6.45, 7) is 3.69. The second-order valence-electron chi connectivity index (χ2n) is 5.07. The average Bonchev–Trinajstić information content (AvgIpc) is 2.39. The number of benzene rings is 1. The fourth-order valence-electron chi connectivity index (χ4n) is 2.43. The molecule has 1 aromatic carbocycles. The minimum atomic E-state index is -0.188. The SMILES string of the molecule is C[C@@H](N)c1ccc(N2CCCC(C(N)=O)C2)cc1. The Kier molecular flexibility index (Phi) is 3.87. The van der Waals surface area contributed by atoms with Crippen LogP contribution in [0.2, 0.25) is 0 Å². The van der Waals surface area contributed by atoms with Crippen LogP contribution in [0.5, 0.6) is 0 Å². The Hall–Kier alpha value is -1.55. The highest BCUT2D eigenvalue weighted by atomic mass is 16.1. The molecule has 1 saturated heterocycles. The van der Waals surface area contributed by atoms with E-state index in [9.17, 15) is 4.79 Å². The Morgan fingerprint density at radius 2 is 2.06 bits per heavy atom. The lowest BCUT2D eigenvalue weighted by molar-refractivity contribution is -0.122. The summed E-state index contributed by atoms with van der Waals surface area (Å²) in [4.78, 5) is 13.5. The number of rotatable bonds is 3. The number of carbonyl (C=O) groups excluding carboxylic acids is 1. The van der Waals surface area contributed by atoms with Crippen LogP contribution in [0.3, 0.4) is 0 Å². The molecule has 0 saturated carbocycles. The van der Waals surface area contributed by atoms with E-state index in [1.165, 1.54) is 0 Å². The molecule has 1 unspecified atom stereocenters. The summed E-state index contributed by atoms with van der Waals surface area (Å²) in [5.41, 5.74) is 13.5. The molecule has 4 heteroatoms. The van der Waals surface area contributed by atoms with Crippen molar-refractivity contribution in [3.05, 3.63) is 29.8 Å². The monoisotopic (exact) mass is 247 g/mol. The molecule has 1 fully saturated rings. The zero-order chi connectivity index (χ0) is 13.1. The van der Waals surface area contributed by atoms with Crippen molar-refractivity contribution in [1.29, 1.82) is 0 Å². The highest BCUT2D eigenvalue weighted by Gasteiger charge is 2.23. The summed E-state index contributed by atoms with van der Waals surface area (Å²) < 4.78 is 0. The summed E-state index contributed by atoms with van der Waals surface area (Å²) in [7, 11) is 0. The van der Waals surface area contributed by atoms with Crippen molar-refractivity contribution in [3.63, 3.8) is 0 Å². The predicted octanol–water partition coefficient (Wildman–Crippen LogP) is 1.41. The molecule has 1 aliphatic rings. The molecule has 1 amide bonds. The first-order valence-corrected chi connectivity index (χ1v) is 6.47. The number of anilines is 1. The Morgan fingerprint density at radius 1 is 1.39 bits per heavy atom. The summed E-state index contributed by atoms with van der Waals surface area (Å²) in [6, 6.07) is 8.30. The van der Waals surface area contributed by atoms with Gasteiger partial charge in [-0.15, -0.1) is 0 Å². The van der Waals surface area contributed by atoms with Crippen molar-refractivity contribution in [1.82, 2.24) is 0 Å². The van der Waals surface area contributed by atoms with Crippen LogP contribution in [-0.2, 0) is 4.79 Å². The lowest BCUT2D eigenvalue weighted by atomic mass is 9.97. The van der Waals surface area contributed by atoms with Gasteiger partial charge in [-0.2, -0.15) is 0 Å². The molecule has 0 radical (unpaired) electrons. The Balaban J connectivity index is 2.09. The average molecular weight is 247 g/mol. The minimum absolute atomic E-state index is 0.0214. The third kappa shape index (κ3) is 2.82. The molecule has 0 aliphatic carbocycles. The molecule has 0 aromatic heterocycles. The van der Waals surface area contributed by atoms with E-state index in [-0.39, 0.29) is 17.9 Å². The van der Waals surface area contributed by atoms with Crippen LogP contribution in [0, 0.1) is 5.92 Å². The molecule has 1 heterocycles. The zero-order valence-electron chi connectivity index (χ0n) is 10.8. The second-order valence-corrected chi connectivity index (χ2v) is 5.07. The number of primary amides is 1. The first-order chi connectivity index (χ1) is 8.58. The molecular formula is C14H21N3O. The van der Waals surface area contributed by atoms with Gasteiger partial charge in [0.2, 0.25) is 5.91 Å². The van der Waals surface area contributed by atoms with Gasteiger partial charge in [-0.25, -0.2) is 0 Å². The van der Waals surface area contributed by atoms with E-state index in [0.29, 0.717) is 0 Å². The molecular weight excluding hydrogens is 226 g/mol. The third-order valence-electron chi connectivity index (χ3n) is 3.61. The van der Waals surface area contributed by atoms with Crippen LogP contribution < -0.4 is 16.4 Å². The van der Waals surface area contributed by atoms with Crippen molar-refractivity contribution in [3.8, 4) is 0 Å². The van der Waals surface area contributed by atoms with Gasteiger partial charge in [-0.3, -0.25) is 4.79 Å². The number of piperidine rings is 1. The highest BCUT2D eigenvalue weighted by molar-refractivity contribution is 5.77. The van der Waals surface area contributed by atoms with Crippen LogP contribution in [0.4, 0.5) is 5.69 Å². The number of nitrogens with two attached hydrogens (primary N) is 2. The lowest BCUT2D eigenvalue weighted by Gasteiger charge is -2.33. The maximum Gasteiger partial charge on any atom is 0.222 e. The fourth-order valence-corrected chi connectivity index (χ4v) is 2.43. The van der Waals surface area contributed by atoms with Crippen molar-refractivity contribution < 1.29 is 4.79 Å². The largest absolute Gasteiger partial charge is 0.371 e. The summed E-state index contributed by atoms with van der Waals surface area (Å²) in [5, 5.41) is 0. The van der Waals surface area contributed by atoms with E-state index >= 15 is 0 Å². The van der Waals surface area contributed by atoms with Gasteiger partial charge in [0.1, 0.15) is 0 Å². The zero-order valence-corrected chi connectivity index (χ0v) is 10.8. The molecule has 2 atom stereocenters. The van der Waals surface area contributed by atoms with Gasteiger partial charge >= 0.3 is 0 Å². The van der Waals surface area contributed by atoms with E-state index in [4.69, 9.17) is 11.5 Å². The molecule has 18 heavy (non-hydrogen) atoms. The Labute approximate surface area is 108 Å². The maximum absolute atomic E-state index is 11.3. The number of amides is 1. The van der Waals surface area contributed by atoms with Crippen LogP contribution in [0.15, 0.2) is 24.3 Å². The topological polar surface area (TPSA) is 72.3 Å². The Bertz CT molecular complexity index is 414. The third-order valence-corrected chi connectivity index (χ3v) is 3.61. The summed E-state index contributed by atoms with van der Waals surface area (Å²) in [5.74, 6) is -0.209. The van der Waals surface area contributed by atoms with Gasteiger partial charge in [0, 0.05) is 24.8 Å². The van der Waals surface area contributed by atoms with Crippen molar-refractivity contribution in [2.45, 2.75) is 25.8 Å². The fraction of sp³-hybridized carbons (Fsp3) is 0.500. The van der Waals surface area contributed by atoms with Gasteiger partial charge in [0.15, 0.2) is 0 Å². The van der Waals surface area contributed by atoms with Gasteiger partial charge < -0.3 is 16.4 Å². The molecule has 1 aliphatic heterocycles. The van der Waals surface area contributed by atoms with Crippen molar-refractivity contribution in [2.75, 3.05) is 18.0 Å². The van der Waals surface area contributed by atoms with E-state index in [2.05, 4.69) is 17.0 Å². The molecule has 0 bridgehead atoms. The van der Waals surface area contributed by atoms with E-state index < -0.39 is 0 Å². The normalized spacial score (nSPS) is 21.7. The van der Waals surface area contributed by atoms with Gasteiger partial charge in [-0.1, -0.05) is 12.1 Å². The minimum Gasteiger partial charge on any atom is -0.371 e. The number of nitrogens with zero attached hydrogens (tertiary/aromatic N) is 1. The molecule has 4 N–H and O–H groups in total. The quantitative estimate of drug-likeness (QED) is 0.848. The first kappa shape index (κ1) is 12.9. The first-order valence-electron chi connectivity index (χ1n) is 6.47. The van der Waals surface area contributed by atoms with Crippen LogP contribution >= 0.6 is 0 Å². The van der Waals surface area contributed by atoms with Gasteiger partial charge in [0.25, 0.3) is 0 Å². The summed E-state index contributed by atoms with van der Waals surface area (Å²) in [6.07, 6.45) is 1.92. The van der Waals surface area contributed by atoms with Crippen molar-refractivity contribution >= 4 is 11.6 Å². The number of hydrogen-bond donors (Lipinski definition) is 2. The van der Waals surface area contributed by atoms with E-state index in [1.54, 1.807) is 0 Å². The molecule has 4 nitrogen and oxygen atoms in total. The molecule has 0 spiro atoms. The van der Waals surface area contributed by atoms with Crippen molar-refractivity contribution in [2.24, 2.45) is 17.4 Å². The molecule has 2 rings (SSSR count). The smallest absolute Gasteiger partial charge is 0.222 e. The highest BCUT2D eigenvalue weighted by Crippen LogP contribution is 2.24. The van der Waals surface area contributed by atoms with Crippen LogP contribution in [0.1, 0.15) is 31.4 Å². The maximum atomic E-state index is 11.3. The van der Waals surface area contributed by atoms with Gasteiger partial charge in [0.05, 0.1) is 5.92 Å². The summed E-state index contributed by atoms with van der Waals surface area (Å²) >= 11 is 0. The van der Waals surface area contributed by atoms with E-state index in [0.717, 1.165) is 37.2 Å². The lowest BCUT2D eigenvalue weighted by Crippen LogP contribution is -2.41. The van der Waals surface area contributed by atoms with Crippen LogP contribution in [-0.4, -0.2) is 19.0 Å². The standard InChI is InChI=1S/C14H21N3O/c1-10(15)11-4-6-13(7-5-11)17-8-2-3-12(9-17)14(16)18/h4-7,10,12H,2-3,8-9,15H2,1H3,(H2,16,18)/t10-,12?/m1/s1. The van der Waals surface area contributed by atoms with Crippen LogP contribution in [0.25, 0.3) is 0 Å². The predicted molar refractivity (Wildman–Crippen MR) is 73.2 cm³/mol.